The Labute approximate surface area is 282 Å². The topological polar surface area (TPSA) is 131 Å². The van der Waals surface area contributed by atoms with Gasteiger partial charge in [0, 0.05) is 29.3 Å². The fourth-order valence-corrected chi connectivity index (χ4v) is 7.77. The van der Waals surface area contributed by atoms with Crippen LogP contribution in [0.2, 0.25) is 0 Å². The summed E-state index contributed by atoms with van der Waals surface area (Å²) in [6.07, 6.45) is 5.10. The molecule has 2 aromatic heterocycles. The number of amides is 1. The summed E-state index contributed by atoms with van der Waals surface area (Å²) >= 11 is 0. The molecule has 0 spiro atoms. The zero-order valence-electron chi connectivity index (χ0n) is 28.6. The quantitative estimate of drug-likeness (QED) is 0.265. The van der Waals surface area contributed by atoms with E-state index in [1.807, 2.05) is 32.0 Å². The summed E-state index contributed by atoms with van der Waals surface area (Å²) in [6.45, 7) is 14.9. The van der Waals surface area contributed by atoms with Crippen LogP contribution in [0.4, 0.5) is 11.8 Å². The molecule has 2 aliphatic heterocycles. The number of ether oxygens (including phenoxy) is 1. The van der Waals surface area contributed by atoms with Crippen LogP contribution >= 0.6 is 0 Å². The van der Waals surface area contributed by atoms with Crippen molar-refractivity contribution in [3.63, 3.8) is 0 Å². The van der Waals surface area contributed by atoms with Gasteiger partial charge < -0.3 is 14.5 Å². The Morgan fingerprint density at radius 3 is 2.35 bits per heavy atom. The predicted octanol–water partition coefficient (Wildman–Crippen LogP) is 6.18. The Balaban J connectivity index is 1.47. The highest BCUT2D eigenvalue weighted by Crippen LogP contribution is 2.33. The first-order valence-corrected chi connectivity index (χ1v) is 17.8. The van der Waals surface area contributed by atoms with Crippen molar-refractivity contribution in [2.24, 2.45) is 5.41 Å². The van der Waals surface area contributed by atoms with Gasteiger partial charge in [-0.25, -0.2) is 23.1 Å². The number of carbonyl (C=O) groups excluding carboxylic acids is 1. The second-order valence-corrected chi connectivity index (χ2v) is 15.9. The van der Waals surface area contributed by atoms with Crippen molar-refractivity contribution in [2.45, 2.75) is 90.9 Å². The number of hydrogen-bond donors (Lipinski definition) is 1. The minimum absolute atomic E-state index is 0.0778. The Bertz CT molecular complexity index is 1930. The summed E-state index contributed by atoms with van der Waals surface area (Å²) in [7, 11) is -4.17. The SMILES string of the molecule is Cc1cccc(C)c1-c1cc2nc(n1)NS(=O)(=O)c1cccc(c1)C(=O)N(Cc1cncc(N3[C@H](C)C[C@H]3C)n1)[C@H](CC(C)(C)C)CO2. The lowest BCUT2D eigenvalue weighted by atomic mass is 9.87. The van der Waals surface area contributed by atoms with Crippen molar-refractivity contribution < 1.29 is 17.9 Å². The average molecular weight is 670 g/mol. The maximum absolute atomic E-state index is 14.5. The van der Waals surface area contributed by atoms with E-state index in [2.05, 4.69) is 59.2 Å². The van der Waals surface area contributed by atoms with Gasteiger partial charge in [0.2, 0.25) is 11.8 Å². The van der Waals surface area contributed by atoms with Crippen LogP contribution in [-0.2, 0) is 16.6 Å². The summed E-state index contributed by atoms with van der Waals surface area (Å²) in [4.78, 5) is 36.9. The predicted molar refractivity (Wildman–Crippen MR) is 185 cm³/mol. The summed E-state index contributed by atoms with van der Waals surface area (Å²) in [5.41, 5.74) is 4.02. The van der Waals surface area contributed by atoms with Crippen molar-refractivity contribution in [3.8, 4) is 17.1 Å². The van der Waals surface area contributed by atoms with Crippen LogP contribution in [-0.4, -0.2) is 63.9 Å². The second-order valence-electron chi connectivity index (χ2n) is 14.2. The molecule has 4 bridgehead atoms. The minimum atomic E-state index is -4.17. The lowest BCUT2D eigenvalue weighted by Crippen LogP contribution is -2.53. The van der Waals surface area contributed by atoms with E-state index in [-0.39, 0.29) is 46.8 Å². The van der Waals surface area contributed by atoms with E-state index in [0.29, 0.717) is 29.9 Å². The molecule has 1 fully saturated rings. The highest BCUT2D eigenvalue weighted by molar-refractivity contribution is 7.92. The van der Waals surface area contributed by atoms with E-state index in [9.17, 15) is 13.2 Å². The van der Waals surface area contributed by atoms with Crippen molar-refractivity contribution in [2.75, 3.05) is 16.2 Å². The van der Waals surface area contributed by atoms with Crippen molar-refractivity contribution in [1.29, 1.82) is 0 Å². The molecular weight excluding hydrogens is 627 g/mol. The molecule has 2 aliphatic rings. The molecule has 1 N–H and O–H groups in total. The fraction of sp³-hybridized carbons (Fsp3) is 0.417. The standard InChI is InChI=1S/C36H43N7O4S/c1-22-10-8-11-23(2)33(22)30-16-32-40-35(39-30)41-48(45,46)29-13-9-12-26(15-29)34(44)42(28(21-47-32)17-36(5,6)7)20-27-18-37-19-31(38-27)43-24(3)14-25(43)4/h8-13,15-16,18-19,24-25,28H,14,17,20-21H2,1-7H3,(H,39,40,41)/t24-,25-,28-/m1/s1. The van der Waals surface area contributed by atoms with E-state index in [4.69, 9.17) is 9.72 Å². The summed E-state index contributed by atoms with van der Waals surface area (Å²) < 4.78 is 36.3. The third-order valence-electron chi connectivity index (χ3n) is 8.93. The van der Waals surface area contributed by atoms with Crippen molar-refractivity contribution in [1.82, 2.24) is 24.8 Å². The molecule has 0 saturated carbocycles. The van der Waals surface area contributed by atoms with E-state index >= 15 is 0 Å². The van der Waals surface area contributed by atoms with Gasteiger partial charge in [0.25, 0.3) is 15.9 Å². The zero-order valence-corrected chi connectivity index (χ0v) is 29.4. The van der Waals surface area contributed by atoms with Crippen LogP contribution in [0.15, 0.2) is 65.8 Å². The van der Waals surface area contributed by atoms with Crippen LogP contribution in [0.3, 0.4) is 0 Å². The number of hydrogen-bond acceptors (Lipinski definition) is 9. The molecule has 2 aromatic carbocycles. The Hall–Kier alpha value is -4.58. The monoisotopic (exact) mass is 669 g/mol. The maximum Gasteiger partial charge on any atom is 0.264 e. The maximum atomic E-state index is 14.5. The fourth-order valence-electron chi connectivity index (χ4n) is 6.79. The number of benzene rings is 2. The molecule has 4 aromatic rings. The summed E-state index contributed by atoms with van der Waals surface area (Å²) in [5, 5.41) is 0. The van der Waals surface area contributed by atoms with Gasteiger partial charge >= 0.3 is 0 Å². The molecule has 0 unspecified atom stereocenters. The third-order valence-corrected chi connectivity index (χ3v) is 10.3. The largest absolute Gasteiger partial charge is 0.475 e. The third kappa shape index (κ3) is 6.99. The van der Waals surface area contributed by atoms with Gasteiger partial charge in [-0.05, 0) is 75.3 Å². The second kappa shape index (κ2) is 12.8. The van der Waals surface area contributed by atoms with Gasteiger partial charge in [0.05, 0.1) is 41.3 Å². The first-order chi connectivity index (χ1) is 22.7. The molecule has 11 nitrogen and oxygen atoms in total. The number of aryl methyl sites for hydroxylation is 2. The van der Waals surface area contributed by atoms with Crippen LogP contribution in [0.1, 0.15) is 74.6 Å². The van der Waals surface area contributed by atoms with Crippen molar-refractivity contribution >= 4 is 27.7 Å². The Kier molecular flexibility index (Phi) is 8.88. The number of nitrogens with one attached hydrogen (secondary N) is 1. The number of carbonyl (C=O) groups is 1. The van der Waals surface area contributed by atoms with E-state index < -0.39 is 16.1 Å². The number of fused-ring (bicyclic) bond motifs is 4. The van der Waals surface area contributed by atoms with Gasteiger partial charge in [-0.1, -0.05) is 45.0 Å². The first kappa shape index (κ1) is 33.3. The van der Waals surface area contributed by atoms with Crippen LogP contribution in [0.5, 0.6) is 5.88 Å². The summed E-state index contributed by atoms with van der Waals surface area (Å²) in [5.74, 6) is 0.510. The number of sulfonamides is 1. The molecule has 6 rings (SSSR count). The highest BCUT2D eigenvalue weighted by atomic mass is 32.2. The molecule has 0 radical (unpaired) electrons. The van der Waals surface area contributed by atoms with Gasteiger partial charge in [-0.3, -0.25) is 9.78 Å². The van der Waals surface area contributed by atoms with Crippen LogP contribution in [0.25, 0.3) is 11.3 Å². The molecule has 1 saturated heterocycles. The number of nitrogens with zero attached hydrogens (tertiary/aromatic N) is 6. The smallest absolute Gasteiger partial charge is 0.264 e. The molecule has 252 valence electrons. The minimum Gasteiger partial charge on any atom is -0.475 e. The van der Waals surface area contributed by atoms with Crippen molar-refractivity contribution in [3.05, 3.63) is 83.3 Å². The zero-order chi connectivity index (χ0) is 34.4. The number of aromatic nitrogens is 4. The van der Waals surface area contributed by atoms with Gasteiger partial charge in [-0.2, -0.15) is 4.98 Å². The van der Waals surface area contributed by atoms with Gasteiger partial charge in [-0.15, -0.1) is 0 Å². The van der Waals surface area contributed by atoms with E-state index in [0.717, 1.165) is 28.9 Å². The first-order valence-electron chi connectivity index (χ1n) is 16.3. The molecule has 1 amide bonds. The molecule has 3 atom stereocenters. The number of anilines is 2. The van der Waals surface area contributed by atoms with Gasteiger partial charge in [0.15, 0.2) is 0 Å². The average Bonchev–Trinajstić information content (AvgIpc) is 3.01. The number of rotatable bonds is 5. The highest BCUT2D eigenvalue weighted by Gasteiger charge is 2.34. The van der Waals surface area contributed by atoms with Crippen LogP contribution < -0.4 is 14.4 Å². The van der Waals surface area contributed by atoms with Gasteiger partial charge in [0.1, 0.15) is 12.4 Å². The Morgan fingerprint density at radius 1 is 0.958 bits per heavy atom. The lowest BCUT2D eigenvalue weighted by Gasteiger charge is -2.46. The molecule has 0 aliphatic carbocycles. The summed E-state index contributed by atoms with van der Waals surface area (Å²) in [6, 6.07) is 14.0. The normalized spacial score (nSPS) is 20.8. The lowest BCUT2D eigenvalue weighted by molar-refractivity contribution is 0.0509. The van der Waals surface area contributed by atoms with E-state index in [1.54, 1.807) is 35.5 Å². The molecule has 4 heterocycles. The van der Waals surface area contributed by atoms with E-state index in [1.165, 1.54) is 12.1 Å². The Morgan fingerprint density at radius 2 is 1.67 bits per heavy atom. The molecule has 48 heavy (non-hydrogen) atoms. The van der Waals surface area contributed by atoms with Crippen LogP contribution in [0, 0.1) is 19.3 Å². The molecule has 12 heteroatoms. The molecular formula is C36H43N7O4S.